The molecular weight excluding hydrogens is 342 g/mol. The van der Waals surface area contributed by atoms with Gasteiger partial charge in [0, 0.05) is 45.5 Å². The summed E-state index contributed by atoms with van der Waals surface area (Å²) in [6, 6.07) is 12.3. The van der Waals surface area contributed by atoms with Crippen molar-refractivity contribution in [1.29, 1.82) is 0 Å². The van der Waals surface area contributed by atoms with Gasteiger partial charge in [-0.1, -0.05) is 30.3 Å². The molecule has 0 spiro atoms. The SMILES string of the molecule is CCOC(=O)N1CCN(c2ccnc(N(CC)Cc3ccccc3)n2)CC1. The lowest BCUT2D eigenvalue weighted by Crippen LogP contribution is -2.49. The first-order valence-electron chi connectivity index (χ1n) is 9.49. The topological polar surface area (TPSA) is 61.8 Å². The van der Waals surface area contributed by atoms with Gasteiger partial charge in [0.2, 0.25) is 5.95 Å². The van der Waals surface area contributed by atoms with Crippen LogP contribution < -0.4 is 9.80 Å². The van der Waals surface area contributed by atoms with Crippen LogP contribution in [-0.4, -0.2) is 60.3 Å². The Kier molecular flexibility index (Phi) is 6.46. The molecule has 0 N–H and O–H groups in total. The van der Waals surface area contributed by atoms with Crippen LogP contribution in [0.1, 0.15) is 19.4 Å². The highest BCUT2D eigenvalue weighted by atomic mass is 16.6. The molecule has 2 aromatic rings. The normalized spacial score (nSPS) is 14.1. The number of amides is 1. The summed E-state index contributed by atoms with van der Waals surface area (Å²) < 4.78 is 5.08. The van der Waals surface area contributed by atoms with Crippen molar-refractivity contribution >= 4 is 17.9 Å². The average molecular weight is 369 g/mol. The van der Waals surface area contributed by atoms with Crippen molar-refractivity contribution in [2.45, 2.75) is 20.4 Å². The molecule has 0 unspecified atom stereocenters. The molecule has 1 saturated heterocycles. The molecule has 0 aliphatic carbocycles. The number of hydrogen-bond acceptors (Lipinski definition) is 6. The second-order valence-electron chi connectivity index (χ2n) is 6.39. The van der Waals surface area contributed by atoms with Crippen LogP contribution in [0.4, 0.5) is 16.6 Å². The molecule has 1 fully saturated rings. The van der Waals surface area contributed by atoms with Gasteiger partial charge >= 0.3 is 6.09 Å². The van der Waals surface area contributed by atoms with Gasteiger partial charge in [0.05, 0.1) is 6.61 Å². The van der Waals surface area contributed by atoms with Crippen LogP contribution in [0, 0.1) is 0 Å². The van der Waals surface area contributed by atoms with Crippen LogP contribution in [0.3, 0.4) is 0 Å². The molecule has 7 heteroatoms. The van der Waals surface area contributed by atoms with Crippen molar-refractivity contribution < 1.29 is 9.53 Å². The molecular formula is C20H27N5O2. The highest BCUT2D eigenvalue weighted by molar-refractivity contribution is 5.68. The van der Waals surface area contributed by atoms with Gasteiger partial charge in [0.15, 0.2) is 0 Å². The molecule has 144 valence electrons. The highest BCUT2D eigenvalue weighted by Gasteiger charge is 2.23. The van der Waals surface area contributed by atoms with E-state index in [1.165, 1.54) is 5.56 Å². The Labute approximate surface area is 160 Å². The average Bonchev–Trinajstić information content (AvgIpc) is 2.73. The van der Waals surface area contributed by atoms with Crippen LogP contribution in [0.25, 0.3) is 0 Å². The van der Waals surface area contributed by atoms with E-state index in [4.69, 9.17) is 9.72 Å². The van der Waals surface area contributed by atoms with Crippen LogP contribution in [0.2, 0.25) is 0 Å². The van der Waals surface area contributed by atoms with Crippen molar-refractivity contribution in [2.75, 3.05) is 49.1 Å². The number of piperazine rings is 1. The molecule has 1 aliphatic heterocycles. The first-order chi connectivity index (χ1) is 13.2. The second-order valence-corrected chi connectivity index (χ2v) is 6.39. The lowest BCUT2D eigenvalue weighted by atomic mass is 10.2. The molecule has 1 aromatic heterocycles. The monoisotopic (exact) mass is 369 g/mol. The maximum atomic E-state index is 11.9. The van der Waals surface area contributed by atoms with E-state index in [-0.39, 0.29) is 6.09 Å². The summed E-state index contributed by atoms with van der Waals surface area (Å²) in [4.78, 5) is 27.2. The number of rotatable bonds is 6. The Morgan fingerprint density at radius 1 is 1.11 bits per heavy atom. The molecule has 0 saturated carbocycles. The van der Waals surface area contributed by atoms with E-state index in [0.717, 1.165) is 37.9 Å². The van der Waals surface area contributed by atoms with E-state index in [9.17, 15) is 4.79 Å². The summed E-state index contributed by atoms with van der Waals surface area (Å²) >= 11 is 0. The maximum Gasteiger partial charge on any atom is 0.409 e. The minimum absolute atomic E-state index is 0.236. The third-order valence-electron chi connectivity index (χ3n) is 4.64. The fourth-order valence-corrected chi connectivity index (χ4v) is 3.13. The molecule has 0 bridgehead atoms. The fraction of sp³-hybridized carbons (Fsp3) is 0.450. The Hall–Kier alpha value is -2.83. The van der Waals surface area contributed by atoms with Gasteiger partial charge in [-0.05, 0) is 25.5 Å². The van der Waals surface area contributed by atoms with Crippen molar-refractivity contribution in [3.05, 3.63) is 48.2 Å². The highest BCUT2D eigenvalue weighted by Crippen LogP contribution is 2.18. The number of benzene rings is 1. The lowest BCUT2D eigenvalue weighted by molar-refractivity contribution is 0.105. The number of hydrogen-bond donors (Lipinski definition) is 0. The quantitative estimate of drug-likeness (QED) is 0.780. The van der Waals surface area contributed by atoms with Crippen molar-refractivity contribution in [3.63, 3.8) is 0 Å². The number of anilines is 2. The summed E-state index contributed by atoms with van der Waals surface area (Å²) in [5.41, 5.74) is 1.23. The standard InChI is InChI=1S/C20H27N5O2/c1-3-23(16-17-8-6-5-7-9-17)19-21-11-10-18(22-19)24-12-14-25(15-13-24)20(26)27-4-2/h5-11H,3-4,12-16H2,1-2H3. The zero-order valence-electron chi connectivity index (χ0n) is 16.0. The number of carbonyl (C=O) groups excluding carboxylic acids is 1. The zero-order chi connectivity index (χ0) is 19.1. The molecule has 0 atom stereocenters. The third kappa shape index (κ3) is 4.87. The zero-order valence-corrected chi connectivity index (χ0v) is 16.0. The van der Waals surface area contributed by atoms with Gasteiger partial charge in [0.1, 0.15) is 5.82 Å². The van der Waals surface area contributed by atoms with Crippen molar-refractivity contribution in [3.8, 4) is 0 Å². The van der Waals surface area contributed by atoms with Gasteiger partial charge in [-0.2, -0.15) is 4.98 Å². The molecule has 3 rings (SSSR count). The van der Waals surface area contributed by atoms with Gasteiger partial charge in [0.25, 0.3) is 0 Å². The van der Waals surface area contributed by atoms with E-state index in [0.29, 0.717) is 19.7 Å². The largest absolute Gasteiger partial charge is 0.450 e. The summed E-state index contributed by atoms with van der Waals surface area (Å²) in [5, 5.41) is 0. The lowest BCUT2D eigenvalue weighted by Gasteiger charge is -2.35. The van der Waals surface area contributed by atoms with E-state index in [2.05, 4.69) is 33.8 Å². The molecule has 0 radical (unpaired) electrons. The van der Waals surface area contributed by atoms with Gasteiger partial charge in [-0.3, -0.25) is 0 Å². The van der Waals surface area contributed by atoms with Crippen molar-refractivity contribution in [2.24, 2.45) is 0 Å². The van der Waals surface area contributed by atoms with Gasteiger partial charge < -0.3 is 19.4 Å². The van der Waals surface area contributed by atoms with Crippen LogP contribution >= 0.6 is 0 Å². The minimum Gasteiger partial charge on any atom is -0.450 e. The van der Waals surface area contributed by atoms with Gasteiger partial charge in [-0.15, -0.1) is 0 Å². The summed E-state index contributed by atoms with van der Waals surface area (Å²) in [7, 11) is 0. The molecule has 1 amide bonds. The molecule has 2 heterocycles. The summed E-state index contributed by atoms with van der Waals surface area (Å²) in [5.74, 6) is 1.63. The number of ether oxygens (including phenoxy) is 1. The minimum atomic E-state index is -0.236. The first kappa shape index (κ1) is 18.9. The predicted octanol–water partition coefficient (Wildman–Crippen LogP) is 2.78. The van der Waals surface area contributed by atoms with E-state index >= 15 is 0 Å². The molecule has 27 heavy (non-hydrogen) atoms. The first-order valence-corrected chi connectivity index (χ1v) is 9.49. The Bertz CT molecular complexity index is 732. The van der Waals surface area contributed by atoms with Crippen LogP contribution in [-0.2, 0) is 11.3 Å². The van der Waals surface area contributed by atoms with Crippen LogP contribution in [0.15, 0.2) is 42.6 Å². The predicted molar refractivity (Wildman–Crippen MR) is 106 cm³/mol. The van der Waals surface area contributed by atoms with E-state index < -0.39 is 0 Å². The number of nitrogens with zero attached hydrogens (tertiary/aromatic N) is 5. The Balaban J connectivity index is 1.66. The van der Waals surface area contributed by atoms with E-state index in [1.807, 2.05) is 37.4 Å². The summed E-state index contributed by atoms with van der Waals surface area (Å²) in [6.07, 6.45) is 1.57. The maximum absolute atomic E-state index is 11.9. The molecule has 7 nitrogen and oxygen atoms in total. The summed E-state index contributed by atoms with van der Waals surface area (Å²) in [6.45, 7) is 8.69. The Morgan fingerprint density at radius 3 is 2.52 bits per heavy atom. The molecule has 1 aromatic carbocycles. The number of aromatic nitrogens is 2. The van der Waals surface area contributed by atoms with E-state index in [1.54, 1.807) is 4.90 Å². The van der Waals surface area contributed by atoms with Crippen molar-refractivity contribution in [1.82, 2.24) is 14.9 Å². The van der Waals surface area contributed by atoms with Crippen LogP contribution in [0.5, 0.6) is 0 Å². The molecule has 1 aliphatic rings. The van der Waals surface area contributed by atoms with Gasteiger partial charge in [-0.25, -0.2) is 9.78 Å². The fourth-order valence-electron chi connectivity index (χ4n) is 3.13. The second kappa shape index (κ2) is 9.21. The Morgan fingerprint density at radius 2 is 1.85 bits per heavy atom. The third-order valence-corrected chi connectivity index (χ3v) is 4.64. The smallest absolute Gasteiger partial charge is 0.409 e. The number of carbonyl (C=O) groups is 1.